The van der Waals surface area contributed by atoms with Crippen LogP contribution in [0.3, 0.4) is 0 Å². The van der Waals surface area contributed by atoms with Gasteiger partial charge in [-0.15, -0.1) is 0 Å². The fraction of sp³-hybridized carbons (Fsp3) is 0.235. The second kappa shape index (κ2) is 7.84. The summed E-state index contributed by atoms with van der Waals surface area (Å²) < 4.78 is 12.3. The van der Waals surface area contributed by atoms with Crippen LogP contribution >= 0.6 is 15.9 Å². The maximum absolute atomic E-state index is 8.66. The fourth-order valence-corrected chi connectivity index (χ4v) is 2.66. The molecule has 0 spiro atoms. The summed E-state index contributed by atoms with van der Waals surface area (Å²) in [4.78, 5) is 0. The largest absolute Gasteiger partial charge is 0.490 e. The van der Waals surface area contributed by atoms with Gasteiger partial charge in [0.2, 0.25) is 0 Å². The zero-order chi connectivity index (χ0) is 15.9. The van der Waals surface area contributed by atoms with Crippen molar-refractivity contribution in [1.82, 2.24) is 0 Å². The third-order valence-corrected chi connectivity index (χ3v) is 3.59. The Balaban J connectivity index is 2.25. The summed E-state index contributed by atoms with van der Waals surface area (Å²) >= 11 is 3.48. The van der Waals surface area contributed by atoms with Crippen molar-refractivity contribution in [2.45, 2.75) is 20.5 Å². The topological polar surface area (TPSA) is 51.0 Å². The van der Waals surface area contributed by atoms with E-state index in [0.717, 1.165) is 15.6 Å². The van der Waals surface area contributed by atoms with Crippen molar-refractivity contribution in [2.24, 2.45) is 5.16 Å². The summed E-state index contributed by atoms with van der Waals surface area (Å²) in [5, 5.41) is 11.7. The lowest BCUT2D eigenvalue weighted by molar-refractivity contribution is 0.267. The Morgan fingerprint density at radius 3 is 2.73 bits per heavy atom. The van der Waals surface area contributed by atoms with Gasteiger partial charge in [-0.25, -0.2) is 0 Å². The molecule has 4 nitrogen and oxygen atoms in total. The molecule has 0 atom stereocenters. The molecule has 0 aromatic heterocycles. The van der Waals surface area contributed by atoms with E-state index in [1.807, 2.05) is 38.1 Å². The summed E-state index contributed by atoms with van der Waals surface area (Å²) in [6.45, 7) is 4.93. The molecule has 2 rings (SSSR count). The molecule has 0 saturated carbocycles. The van der Waals surface area contributed by atoms with E-state index in [0.29, 0.717) is 24.7 Å². The standard InChI is InChI=1S/C17H18BrNO3/c1-3-21-16-9-14(10-19-20)8-15(18)17(16)22-11-13-6-4-5-12(2)7-13/h4-10,20H,3,11H2,1-2H3. The zero-order valence-corrected chi connectivity index (χ0v) is 14.1. The summed E-state index contributed by atoms with van der Waals surface area (Å²) in [5.41, 5.74) is 3.01. The Kier molecular flexibility index (Phi) is 5.83. The van der Waals surface area contributed by atoms with Gasteiger partial charge in [-0.1, -0.05) is 35.0 Å². The lowest BCUT2D eigenvalue weighted by Crippen LogP contribution is -2.01. The molecule has 116 valence electrons. The van der Waals surface area contributed by atoms with E-state index in [2.05, 4.69) is 27.2 Å². The van der Waals surface area contributed by atoms with Crippen LogP contribution in [-0.2, 0) is 6.61 Å². The fourth-order valence-electron chi connectivity index (χ4n) is 2.09. The first kappa shape index (κ1) is 16.4. The molecule has 5 heteroatoms. The van der Waals surface area contributed by atoms with Crippen LogP contribution in [-0.4, -0.2) is 18.0 Å². The average Bonchev–Trinajstić information content (AvgIpc) is 2.47. The summed E-state index contributed by atoms with van der Waals surface area (Å²) in [5.74, 6) is 1.25. The van der Waals surface area contributed by atoms with Gasteiger partial charge < -0.3 is 14.7 Å². The zero-order valence-electron chi connectivity index (χ0n) is 12.5. The van der Waals surface area contributed by atoms with Gasteiger partial charge in [0.15, 0.2) is 11.5 Å². The minimum absolute atomic E-state index is 0.452. The van der Waals surface area contributed by atoms with Crippen LogP contribution in [0.2, 0.25) is 0 Å². The number of rotatable bonds is 6. The number of halogens is 1. The molecule has 0 fully saturated rings. The number of hydrogen-bond donors (Lipinski definition) is 1. The van der Waals surface area contributed by atoms with Gasteiger partial charge in [-0.05, 0) is 47.5 Å². The first-order valence-corrected chi connectivity index (χ1v) is 7.75. The van der Waals surface area contributed by atoms with Crippen molar-refractivity contribution < 1.29 is 14.7 Å². The number of oxime groups is 1. The second-order valence-corrected chi connectivity index (χ2v) is 5.64. The molecule has 0 saturated heterocycles. The minimum atomic E-state index is 0.452. The van der Waals surface area contributed by atoms with Crippen molar-refractivity contribution in [1.29, 1.82) is 0 Å². The van der Waals surface area contributed by atoms with Crippen molar-refractivity contribution in [3.8, 4) is 11.5 Å². The molecule has 0 radical (unpaired) electrons. The van der Waals surface area contributed by atoms with Gasteiger partial charge in [-0.2, -0.15) is 0 Å². The van der Waals surface area contributed by atoms with Gasteiger partial charge in [0.1, 0.15) is 6.61 Å². The number of aryl methyl sites for hydroxylation is 1. The molecule has 22 heavy (non-hydrogen) atoms. The average molecular weight is 364 g/mol. The molecule has 0 amide bonds. The molecular weight excluding hydrogens is 346 g/mol. The highest BCUT2D eigenvalue weighted by Gasteiger charge is 2.12. The van der Waals surface area contributed by atoms with Crippen molar-refractivity contribution in [3.63, 3.8) is 0 Å². The van der Waals surface area contributed by atoms with Gasteiger partial charge in [0.25, 0.3) is 0 Å². The second-order valence-electron chi connectivity index (χ2n) is 4.79. The van der Waals surface area contributed by atoms with E-state index in [1.165, 1.54) is 11.8 Å². The van der Waals surface area contributed by atoms with Crippen LogP contribution in [0.1, 0.15) is 23.6 Å². The van der Waals surface area contributed by atoms with Crippen molar-refractivity contribution in [2.75, 3.05) is 6.61 Å². The van der Waals surface area contributed by atoms with E-state index in [4.69, 9.17) is 14.7 Å². The minimum Gasteiger partial charge on any atom is -0.490 e. The third-order valence-electron chi connectivity index (χ3n) is 3.00. The molecule has 0 bridgehead atoms. The number of benzene rings is 2. The molecule has 0 aliphatic rings. The number of ether oxygens (including phenoxy) is 2. The van der Waals surface area contributed by atoms with Crippen molar-refractivity contribution >= 4 is 22.1 Å². The van der Waals surface area contributed by atoms with Crippen molar-refractivity contribution in [3.05, 3.63) is 57.6 Å². The molecule has 0 aliphatic carbocycles. The number of hydrogen-bond acceptors (Lipinski definition) is 4. The van der Waals surface area contributed by atoms with Gasteiger partial charge in [-0.3, -0.25) is 0 Å². The maximum atomic E-state index is 8.66. The van der Waals surface area contributed by atoms with E-state index in [1.54, 1.807) is 6.07 Å². The highest BCUT2D eigenvalue weighted by Crippen LogP contribution is 2.37. The first-order valence-electron chi connectivity index (χ1n) is 6.96. The lowest BCUT2D eigenvalue weighted by Gasteiger charge is -2.14. The van der Waals surface area contributed by atoms with E-state index in [-0.39, 0.29) is 0 Å². The first-order chi connectivity index (χ1) is 10.6. The van der Waals surface area contributed by atoms with Crippen LogP contribution in [0, 0.1) is 6.92 Å². The molecule has 0 aliphatic heterocycles. The van der Waals surface area contributed by atoms with Crippen LogP contribution in [0.5, 0.6) is 11.5 Å². The normalized spacial score (nSPS) is 10.9. The molecule has 2 aromatic rings. The molecule has 1 N–H and O–H groups in total. The third kappa shape index (κ3) is 4.24. The highest BCUT2D eigenvalue weighted by molar-refractivity contribution is 9.10. The SMILES string of the molecule is CCOc1cc(C=NO)cc(Br)c1OCc1cccc(C)c1. The molecule has 0 heterocycles. The van der Waals surface area contributed by atoms with E-state index in [9.17, 15) is 0 Å². The Labute approximate surface area is 138 Å². The van der Waals surface area contributed by atoms with Gasteiger partial charge >= 0.3 is 0 Å². The Hall–Kier alpha value is -2.01. The van der Waals surface area contributed by atoms with Gasteiger partial charge in [0, 0.05) is 5.56 Å². The lowest BCUT2D eigenvalue weighted by atomic mass is 10.1. The Morgan fingerprint density at radius 2 is 2.05 bits per heavy atom. The van der Waals surface area contributed by atoms with Crippen LogP contribution in [0.4, 0.5) is 0 Å². The highest BCUT2D eigenvalue weighted by atomic mass is 79.9. The smallest absolute Gasteiger partial charge is 0.175 e. The Bertz CT molecular complexity index is 671. The predicted molar refractivity (Wildman–Crippen MR) is 90.2 cm³/mol. The van der Waals surface area contributed by atoms with E-state index < -0.39 is 0 Å². The number of nitrogens with zero attached hydrogens (tertiary/aromatic N) is 1. The molecule has 2 aromatic carbocycles. The van der Waals surface area contributed by atoms with E-state index >= 15 is 0 Å². The maximum Gasteiger partial charge on any atom is 0.175 e. The van der Waals surface area contributed by atoms with Crippen LogP contribution in [0.15, 0.2) is 46.0 Å². The Morgan fingerprint density at radius 1 is 1.23 bits per heavy atom. The summed E-state index contributed by atoms with van der Waals surface area (Å²) in [6.07, 6.45) is 1.34. The quantitative estimate of drug-likeness (QED) is 0.465. The van der Waals surface area contributed by atoms with Crippen LogP contribution < -0.4 is 9.47 Å². The molecular formula is C17H18BrNO3. The monoisotopic (exact) mass is 363 g/mol. The predicted octanol–water partition coefficient (Wildman–Crippen LogP) is 4.54. The molecule has 0 unspecified atom stereocenters. The summed E-state index contributed by atoms with van der Waals surface area (Å²) in [6, 6.07) is 11.8. The van der Waals surface area contributed by atoms with Crippen LogP contribution in [0.25, 0.3) is 0 Å². The summed E-state index contributed by atoms with van der Waals surface area (Å²) in [7, 11) is 0. The van der Waals surface area contributed by atoms with Gasteiger partial charge in [0.05, 0.1) is 17.3 Å².